The van der Waals surface area contributed by atoms with Gasteiger partial charge in [0.25, 0.3) is 0 Å². The zero-order valence-corrected chi connectivity index (χ0v) is 18.6. The predicted octanol–water partition coefficient (Wildman–Crippen LogP) is 2.32. The molecular formula is C20H18ClFN4O6S. The summed E-state index contributed by atoms with van der Waals surface area (Å²) in [4.78, 5) is 22.5. The summed E-state index contributed by atoms with van der Waals surface area (Å²) < 4.78 is 40.6. The van der Waals surface area contributed by atoms with Gasteiger partial charge in [-0.05, 0) is 25.2 Å². The van der Waals surface area contributed by atoms with E-state index in [2.05, 4.69) is 15.4 Å². The minimum Gasteiger partial charge on any atom is -0.478 e. The molecule has 3 aromatic rings. The van der Waals surface area contributed by atoms with Gasteiger partial charge >= 0.3 is 11.9 Å². The van der Waals surface area contributed by atoms with Crippen LogP contribution in [0.1, 0.15) is 5.69 Å². The highest BCUT2D eigenvalue weighted by Gasteiger charge is 2.26. The summed E-state index contributed by atoms with van der Waals surface area (Å²) in [6.07, 6.45) is 3.15. The Bertz CT molecular complexity index is 1280. The van der Waals surface area contributed by atoms with Crippen LogP contribution in [0.15, 0.2) is 70.9 Å². The second-order valence-electron chi connectivity index (χ2n) is 6.22. The van der Waals surface area contributed by atoms with Gasteiger partial charge in [-0.3, -0.25) is 4.98 Å². The number of sulfone groups is 1. The van der Waals surface area contributed by atoms with Crippen LogP contribution in [0.4, 0.5) is 4.39 Å². The van der Waals surface area contributed by atoms with Crippen molar-refractivity contribution in [3.63, 3.8) is 0 Å². The van der Waals surface area contributed by atoms with Crippen LogP contribution in [-0.2, 0) is 26.0 Å². The Morgan fingerprint density at radius 3 is 2.33 bits per heavy atom. The van der Waals surface area contributed by atoms with E-state index < -0.39 is 27.6 Å². The minimum absolute atomic E-state index is 0.113. The van der Waals surface area contributed by atoms with Crippen molar-refractivity contribution in [1.82, 2.24) is 20.1 Å². The Kier molecular flexibility index (Phi) is 8.79. The molecule has 174 valence electrons. The van der Waals surface area contributed by atoms with E-state index in [0.717, 1.165) is 18.5 Å². The molecule has 2 aromatic heterocycles. The zero-order chi connectivity index (χ0) is 24.6. The largest absolute Gasteiger partial charge is 0.478 e. The molecule has 0 aliphatic heterocycles. The lowest BCUT2D eigenvalue weighted by atomic mass is 10.3. The highest BCUT2D eigenvalue weighted by atomic mass is 35.5. The molecule has 0 bridgehead atoms. The van der Waals surface area contributed by atoms with Crippen molar-refractivity contribution in [2.45, 2.75) is 16.5 Å². The van der Waals surface area contributed by atoms with Crippen LogP contribution in [0.25, 0.3) is 5.69 Å². The van der Waals surface area contributed by atoms with Crippen LogP contribution in [0.5, 0.6) is 0 Å². The molecule has 0 amide bonds. The third kappa shape index (κ3) is 6.94. The topological polar surface area (TPSA) is 151 Å². The van der Waals surface area contributed by atoms with Crippen molar-refractivity contribution >= 4 is 33.4 Å². The van der Waals surface area contributed by atoms with Gasteiger partial charge in [0.15, 0.2) is 5.03 Å². The number of para-hydroxylation sites is 1. The first-order valence-corrected chi connectivity index (χ1v) is 10.9. The molecule has 2 heterocycles. The smallest absolute Gasteiger partial charge is 0.328 e. The number of carboxylic acids is 2. The highest BCUT2D eigenvalue weighted by Crippen LogP contribution is 2.27. The van der Waals surface area contributed by atoms with E-state index in [1.54, 1.807) is 31.3 Å². The van der Waals surface area contributed by atoms with Crippen molar-refractivity contribution in [2.75, 3.05) is 7.05 Å². The number of aliphatic carboxylic acids is 2. The van der Waals surface area contributed by atoms with Crippen molar-refractivity contribution in [3.05, 3.63) is 77.5 Å². The van der Waals surface area contributed by atoms with E-state index in [-0.39, 0.29) is 9.92 Å². The molecule has 0 spiro atoms. The number of halogens is 2. The molecule has 3 N–H and O–H groups in total. The van der Waals surface area contributed by atoms with Crippen molar-refractivity contribution in [3.8, 4) is 5.69 Å². The Morgan fingerprint density at radius 2 is 1.79 bits per heavy atom. The molecule has 1 aromatic carbocycles. The first kappa shape index (κ1) is 25.6. The molecule has 0 aliphatic carbocycles. The molecule has 0 saturated heterocycles. The van der Waals surface area contributed by atoms with Gasteiger partial charge in [0, 0.05) is 31.0 Å². The van der Waals surface area contributed by atoms with Gasteiger partial charge in [0.05, 0.1) is 27.5 Å². The molecule has 13 heteroatoms. The quantitative estimate of drug-likeness (QED) is 0.418. The van der Waals surface area contributed by atoms with Gasteiger partial charge < -0.3 is 15.5 Å². The number of nitrogens with one attached hydrogen (secondary N) is 1. The number of benzene rings is 1. The predicted molar refractivity (Wildman–Crippen MR) is 115 cm³/mol. The van der Waals surface area contributed by atoms with E-state index in [1.165, 1.54) is 10.7 Å². The molecule has 0 atom stereocenters. The van der Waals surface area contributed by atoms with Crippen LogP contribution in [-0.4, -0.2) is 52.4 Å². The number of nitrogens with zero attached hydrogens (tertiary/aromatic N) is 3. The average molecular weight is 497 g/mol. The van der Waals surface area contributed by atoms with Gasteiger partial charge in [-0.25, -0.2) is 27.1 Å². The molecule has 33 heavy (non-hydrogen) atoms. The number of pyridine rings is 1. The standard InChI is InChI=1S/C16H14ClFN4O2S.C4H4O4/c1-19-9-12-7-16(22(21-12)15-5-3-2-4-14(15)17)25(23,24)13-6-11(18)8-20-10-13;5-3(6)1-2-4(7)8/h2-8,10,19H,9H2,1H3;1-2H,(H,5,6)(H,7,8). The number of rotatable bonds is 7. The third-order valence-electron chi connectivity index (χ3n) is 3.80. The summed E-state index contributed by atoms with van der Waals surface area (Å²) in [6, 6.07) is 9.09. The Hall–Kier alpha value is -3.61. The normalized spacial score (nSPS) is 11.1. The monoisotopic (exact) mass is 496 g/mol. The Labute approximate surface area is 192 Å². The Balaban J connectivity index is 0.000000414. The summed E-state index contributed by atoms with van der Waals surface area (Å²) in [5.41, 5.74) is 0.916. The lowest BCUT2D eigenvalue weighted by Crippen LogP contribution is -2.11. The summed E-state index contributed by atoms with van der Waals surface area (Å²) in [5.74, 6) is -3.25. The summed E-state index contributed by atoms with van der Waals surface area (Å²) in [6.45, 7) is 0.362. The third-order valence-corrected chi connectivity index (χ3v) is 5.80. The van der Waals surface area contributed by atoms with Crippen LogP contribution in [0.2, 0.25) is 5.02 Å². The highest BCUT2D eigenvalue weighted by molar-refractivity contribution is 7.91. The van der Waals surface area contributed by atoms with E-state index in [4.69, 9.17) is 21.8 Å². The fraction of sp³-hybridized carbons (Fsp3) is 0.100. The molecule has 0 radical (unpaired) electrons. The van der Waals surface area contributed by atoms with Gasteiger partial charge in [-0.1, -0.05) is 23.7 Å². The number of aromatic nitrogens is 3. The fourth-order valence-electron chi connectivity index (χ4n) is 2.47. The van der Waals surface area contributed by atoms with Crippen molar-refractivity contribution < 1.29 is 32.6 Å². The number of carbonyl (C=O) groups is 2. The van der Waals surface area contributed by atoms with E-state index in [9.17, 15) is 22.4 Å². The molecular weight excluding hydrogens is 479 g/mol. The first-order valence-electron chi connectivity index (χ1n) is 9.04. The maximum Gasteiger partial charge on any atom is 0.328 e. The molecule has 10 nitrogen and oxygen atoms in total. The molecule has 0 saturated carbocycles. The summed E-state index contributed by atoms with van der Waals surface area (Å²) in [5, 5.41) is 23.1. The van der Waals surface area contributed by atoms with Crippen molar-refractivity contribution in [2.24, 2.45) is 0 Å². The van der Waals surface area contributed by atoms with E-state index >= 15 is 0 Å². The number of hydrogen-bond acceptors (Lipinski definition) is 7. The second-order valence-corrected chi connectivity index (χ2v) is 8.52. The van der Waals surface area contributed by atoms with Gasteiger partial charge in [-0.2, -0.15) is 5.10 Å². The minimum atomic E-state index is -4.04. The lowest BCUT2D eigenvalue weighted by molar-refractivity contribution is -0.134. The fourth-order valence-corrected chi connectivity index (χ4v) is 4.05. The number of hydrogen-bond donors (Lipinski definition) is 3. The van der Waals surface area contributed by atoms with Gasteiger partial charge in [-0.15, -0.1) is 0 Å². The van der Waals surface area contributed by atoms with Crippen LogP contribution in [0.3, 0.4) is 0 Å². The Morgan fingerprint density at radius 1 is 1.15 bits per heavy atom. The molecule has 0 fully saturated rings. The average Bonchev–Trinajstić information content (AvgIpc) is 3.18. The van der Waals surface area contributed by atoms with E-state index in [0.29, 0.717) is 35.1 Å². The zero-order valence-electron chi connectivity index (χ0n) is 17.0. The maximum atomic E-state index is 13.4. The van der Waals surface area contributed by atoms with Gasteiger partial charge in [0.1, 0.15) is 5.82 Å². The van der Waals surface area contributed by atoms with Crippen LogP contribution < -0.4 is 5.32 Å². The molecule has 0 aliphatic rings. The number of carboxylic acid groups (broad SMARTS) is 2. The summed E-state index contributed by atoms with van der Waals surface area (Å²) in [7, 11) is -2.32. The summed E-state index contributed by atoms with van der Waals surface area (Å²) >= 11 is 6.19. The van der Waals surface area contributed by atoms with Gasteiger partial charge in [0.2, 0.25) is 9.84 Å². The van der Waals surface area contributed by atoms with Crippen LogP contribution >= 0.6 is 11.6 Å². The molecule has 3 rings (SSSR count). The second kappa shape index (κ2) is 11.3. The van der Waals surface area contributed by atoms with Crippen molar-refractivity contribution in [1.29, 1.82) is 0 Å². The SMILES string of the molecule is CNCc1cc(S(=O)(=O)c2cncc(F)c2)n(-c2ccccc2Cl)n1.O=C(O)C=CC(=O)O. The maximum absolute atomic E-state index is 13.4. The first-order chi connectivity index (χ1) is 15.6. The molecule has 0 unspecified atom stereocenters. The lowest BCUT2D eigenvalue weighted by Gasteiger charge is -2.09. The van der Waals surface area contributed by atoms with Crippen LogP contribution in [0, 0.1) is 5.82 Å². The van der Waals surface area contributed by atoms with E-state index in [1.807, 2.05) is 0 Å².